The molecule has 66 heavy (non-hydrogen) atoms. The zero-order valence-electron chi connectivity index (χ0n) is 38.7. The Labute approximate surface area is 389 Å². The van der Waals surface area contributed by atoms with Crippen molar-refractivity contribution >= 4 is 73.8 Å². The Balaban J connectivity index is 1.09. The molecule has 4 heteroatoms. The molecule has 1 aliphatic carbocycles. The zero-order valence-corrected chi connectivity index (χ0v) is 38.7. The van der Waals surface area contributed by atoms with Crippen molar-refractivity contribution in [3.05, 3.63) is 216 Å². The Morgan fingerprint density at radius 3 is 1.85 bits per heavy atom. The molecule has 0 unspecified atom stereocenters. The van der Waals surface area contributed by atoms with E-state index in [1.807, 2.05) is 0 Å². The van der Waals surface area contributed by atoms with Gasteiger partial charge in [-0.1, -0.05) is 175 Å². The van der Waals surface area contributed by atoms with Crippen LogP contribution in [0.3, 0.4) is 0 Å². The summed E-state index contributed by atoms with van der Waals surface area (Å²) in [6, 6.07) is 68.0. The molecule has 0 bridgehead atoms. The fraction of sp³-hybridized carbons (Fsp3) is 0.161. The van der Waals surface area contributed by atoms with Crippen molar-refractivity contribution in [1.29, 1.82) is 0 Å². The monoisotopic (exact) mass is 852 g/mol. The Kier molecular flexibility index (Phi) is 9.23. The Morgan fingerprint density at radius 1 is 0.470 bits per heavy atom. The van der Waals surface area contributed by atoms with Crippen LogP contribution in [0.15, 0.2) is 192 Å². The fourth-order valence-corrected chi connectivity index (χ4v) is 10.9. The molecule has 0 radical (unpaired) electrons. The van der Waals surface area contributed by atoms with Gasteiger partial charge in [0.15, 0.2) is 0 Å². The lowest BCUT2D eigenvalue weighted by atomic mass is 9.33. The molecule has 0 fully saturated rings. The standard InChI is InChI=1S/C62H53BN2O/c1-61(2,3)44-31-36-53-51(38-44)63-50-34-30-45(62(4,5)6)39-56(50)64(46-32-27-42(28-33-46)47-22-15-26-58-59(47)48-21-13-14-25-57(48)66-58)54-23-16-24-55(60(54)63)65(53)52-35-29-43(40-17-9-7-10-18-40)37-49(52)41-19-11-8-12-20-41/h7-14,16-25,27-39H,15,26H2,1-6H3. The number of hydrogen-bond acceptors (Lipinski definition) is 3. The molecule has 2 aliphatic heterocycles. The lowest BCUT2D eigenvalue weighted by Crippen LogP contribution is -2.61. The van der Waals surface area contributed by atoms with Gasteiger partial charge in [0.2, 0.25) is 0 Å². The van der Waals surface area contributed by atoms with E-state index in [4.69, 9.17) is 4.42 Å². The minimum atomic E-state index is -0.0369. The van der Waals surface area contributed by atoms with E-state index in [0.717, 1.165) is 35.6 Å². The smallest absolute Gasteiger partial charge is 0.252 e. The Hall–Kier alpha value is -7.30. The van der Waals surface area contributed by atoms with E-state index >= 15 is 0 Å². The number of furan rings is 1. The van der Waals surface area contributed by atoms with Crippen LogP contribution in [0.5, 0.6) is 0 Å². The van der Waals surface area contributed by atoms with Crippen LogP contribution in [-0.4, -0.2) is 6.71 Å². The van der Waals surface area contributed by atoms with Crippen LogP contribution in [0.4, 0.5) is 34.1 Å². The first kappa shape index (κ1) is 40.2. The molecule has 8 aromatic carbocycles. The molecule has 9 aromatic rings. The molecule has 3 nitrogen and oxygen atoms in total. The van der Waals surface area contributed by atoms with Crippen LogP contribution < -0.4 is 26.2 Å². The summed E-state index contributed by atoms with van der Waals surface area (Å²) >= 11 is 0. The molecule has 0 N–H and O–H groups in total. The van der Waals surface area contributed by atoms with Crippen molar-refractivity contribution in [2.24, 2.45) is 0 Å². The van der Waals surface area contributed by atoms with Crippen LogP contribution in [-0.2, 0) is 17.3 Å². The topological polar surface area (TPSA) is 19.6 Å². The summed E-state index contributed by atoms with van der Waals surface area (Å²) in [6.07, 6.45) is 4.29. The number of fused-ring (bicyclic) bond motifs is 7. The zero-order chi connectivity index (χ0) is 44.9. The van der Waals surface area contributed by atoms with Gasteiger partial charge < -0.3 is 14.2 Å². The molecule has 0 amide bonds. The second kappa shape index (κ2) is 15.1. The van der Waals surface area contributed by atoms with Crippen molar-refractivity contribution < 1.29 is 4.42 Å². The molecule has 3 aliphatic rings. The van der Waals surface area contributed by atoms with Gasteiger partial charge in [0.05, 0.1) is 5.69 Å². The van der Waals surface area contributed by atoms with E-state index in [9.17, 15) is 0 Å². The normalized spacial score (nSPS) is 14.1. The Morgan fingerprint density at radius 2 is 1.11 bits per heavy atom. The SMILES string of the molecule is CC(C)(C)c1ccc2c(c1)B1c3ccc(C(C)(C)C)cc3N(c3ccc(C4=CCCc5oc6ccccc6c54)cc3)c3cccc(c31)N2c1ccc(-c2ccccc2)cc1-c1ccccc1. The van der Waals surface area contributed by atoms with E-state index in [-0.39, 0.29) is 17.5 Å². The van der Waals surface area contributed by atoms with Crippen LogP contribution >= 0.6 is 0 Å². The van der Waals surface area contributed by atoms with E-state index in [2.05, 4.69) is 239 Å². The van der Waals surface area contributed by atoms with Crippen molar-refractivity contribution in [1.82, 2.24) is 0 Å². The molecule has 0 spiro atoms. The van der Waals surface area contributed by atoms with Gasteiger partial charge in [0.25, 0.3) is 6.71 Å². The second-order valence-electron chi connectivity index (χ2n) is 20.4. The maximum absolute atomic E-state index is 6.41. The summed E-state index contributed by atoms with van der Waals surface area (Å²) in [6.45, 7) is 14.0. The van der Waals surface area contributed by atoms with Crippen LogP contribution in [0.25, 0.3) is 38.8 Å². The molecular weight excluding hydrogens is 800 g/mol. The highest BCUT2D eigenvalue weighted by Crippen LogP contribution is 2.48. The first-order valence-corrected chi connectivity index (χ1v) is 23.6. The van der Waals surface area contributed by atoms with Gasteiger partial charge in [-0.15, -0.1) is 0 Å². The average molecular weight is 853 g/mol. The number of aryl methyl sites for hydroxylation is 1. The van der Waals surface area contributed by atoms with Gasteiger partial charge in [-0.25, -0.2) is 0 Å². The van der Waals surface area contributed by atoms with E-state index in [1.54, 1.807) is 0 Å². The lowest BCUT2D eigenvalue weighted by Gasteiger charge is -2.45. The first-order chi connectivity index (χ1) is 32.0. The molecule has 0 atom stereocenters. The number of nitrogens with zero attached hydrogens (tertiary/aromatic N) is 2. The largest absolute Gasteiger partial charge is 0.460 e. The molecule has 0 saturated carbocycles. The predicted octanol–water partition coefficient (Wildman–Crippen LogP) is 14.8. The van der Waals surface area contributed by atoms with Gasteiger partial charge in [-0.05, 0) is 127 Å². The highest BCUT2D eigenvalue weighted by molar-refractivity contribution is 7.00. The van der Waals surface area contributed by atoms with Gasteiger partial charge in [-0.2, -0.15) is 0 Å². The van der Waals surface area contributed by atoms with Crippen molar-refractivity contribution in [3.8, 4) is 22.3 Å². The summed E-state index contributed by atoms with van der Waals surface area (Å²) in [4.78, 5) is 5.11. The minimum Gasteiger partial charge on any atom is -0.460 e. The first-order valence-electron chi connectivity index (χ1n) is 23.6. The third-order valence-electron chi connectivity index (χ3n) is 14.2. The molecular formula is C62H53BN2O. The van der Waals surface area contributed by atoms with Crippen molar-refractivity contribution in [3.63, 3.8) is 0 Å². The van der Waals surface area contributed by atoms with Gasteiger partial charge >= 0.3 is 0 Å². The number of hydrogen-bond donors (Lipinski definition) is 0. The maximum atomic E-state index is 6.41. The van der Waals surface area contributed by atoms with Crippen LogP contribution in [0, 0.1) is 0 Å². The minimum absolute atomic E-state index is 0.0215. The van der Waals surface area contributed by atoms with E-state index in [0.29, 0.717) is 0 Å². The molecule has 12 rings (SSSR count). The summed E-state index contributed by atoms with van der Waals surface area (Å²) in [7, 11) is 0. The Bertz CT molecular complexity index is 3380. The molecule has 0 saturated heterocycles. The molecule has 320 valence electrons. The summed E-state index contributed by atoms with van der Waals surface area (Å²) in [5.41, 5.74) is 23.2. The van der Waals surface area contributed by atoms with Gasteiger partial charge in [0, 0.05) is 51.4 Å². The molecule has 3 heterocycles. The third kappa shape index (κ3) is 6.49. The van der Waals surface area contributed by atoms with E-state index in [1.165, 1.54) is 94.6 Å². The van der Waals surface area contributed by atoms with Crippen molar-refractivity contribution in [2.75, 3.05) is 9.80 Å². The average Bonchev–Trinajstić information content (AvgIpc) is 3.73. The number of allylic oxidation sites excluding steroid dienone is 1. The van der Waals surface area contributed by atoms with E-state index < -0.39 is 0 Å². The highest BCUT2D eigenvalue weighted by Gasteiger charge is 2.44. The van der Waals surface area contributed by atoms with Gasteiger partial charge in [-0.3, -0.25) is 0 Å². The summed E-state index contributed by atoms with van der Waals surface area (Å²) in [5, 5.41) is 1.19. The summed E-state index contributed by atoms with van der Waals surface area (Å²) < 4.78 is 6.41. The lowest BCUT2D eigenvalue weighted by molar-refractivity contribution is 0.545. The number of para-hydroxylation sites is 1. The predicted molar refractivity (Wildman–Crippen MR) is 280 cm³/mol. The number of benzene rings is 8. The van der Waals surface area contributed by atoms with Crippen LogP contribution in [0.1, 0.15) is 76.0 Å². The summed E-state index contributed by atoms with van der Waals surface area (Å²) in [5.74, 6) is 1.09. The fourth-order valence-electron chi connectivity index (χ4n) is 10.9. The van der Waals surface area contributed by atoms with Gasteiger partial charge in [0.1, 0.15) is 11.3 Å². The van der Waals surface area contributed by atoms with Crippen LogP contribution in [0.2, 0.25) is 0 Å². The highest BCUT2D eigenvalue weighted by atomic mass is 16.3. The number of anilines is 6. The molecule has 1 aromatic heterocycles. The number of rotatable bonds is 5. The maximum Gasteiger partial charge on any atom is 0.252 e. The second-order valence-corrected chi connectivity index (χ2v) is 20.4. The quantitative estimate of drug-likeness (QED) is 0.161. The van der Waals surface area contributed by atoms with Crippen molar-refractivity contribution in [2.45, 2.75) is 65.2 Å². The third-order valence-corrected chi connectivity index (χ3v) is 14.2.